The molecule has 13 heteroatoms. The average Bonchev–Trinajstić information content (AvgIpc) is 2.91. The molecular weight excluding hydrogens is 536 g/mol. The lowest BCUT2D eigenvalue weighted by Crippen LogP contribution is -2.65. The van der Waals surface area contributed by atoms with Gasteiger partial charge in [0.1, 0.15) is 29.4 Å². The van der Waals surface area contributed by atoms with E-state index in [0.29, 0.717) is 22.5 Å². The largest absolute Gasteiger partial charge is 0.508 e. The van der Waals surface area contributed by atoms with Gasteiger partial charge in [-0.3, -0.25) is 29.1 Å². The summed E-state index contributed by atoms with van der Waals surface area (Å²) in [6.07, 6.45) is 1.43. The van der Waals surface area contributed by atoms with E-state index in [-0.39, 0.29) is 29.7 Å². The van der Waals surface area contributed by atoms with Crippen LogP contribution >= 0.6 is 0 Å². The molecule has 8 N–H and O–H groups in total. The van der Waals surface area contributed by atoms with Crippen molar-refractivity contribution in [3.05, 3.63) is 58.5 Å². The number of aliphatic hydroxyl groups excluding tert-OH is 3. The standard InChI is InChI=1S/C28H28N4O9/c1-32(2)22-15-8-11-7-14-13(16-5-3-12(9-30-16)31-18(35)10-33)4-6-17(34)20(14)23(36)19(11)25(38)28(15,41)26(39)21(24(22)37)27(29)40/h3-6,9,11,15,22,33-34,36,39,41H,7-8,10H2,1-2H3,(H2,29,40)(H,31,35)/t11-,15-,22-,28-/m0/s1. The summed E-state index contributed by atoms with van der Waals surface area (Å²) in [5.41, 5.74) is 3.17. The van der Waals surface area contributed by atoms with Gasteiger partial charge in [-0.05, 0) is 62.7 Å². The number of aliphatic hydroxyl groups is 4. The van der Waals surface area contributed by atoms with E-state index in [0.717, 1.165) is 0 Å². The number of fused-ring (bicyclic) bond motifs is 3. The van der Waals surface area contributed by atoms with Crippen LogP contribution in [0.25, 0.3) is 17.0 Å². The number of nitrogens with two attached hydrogens (primary N) is 1. The van der Waals surface area contributed by atoms with E-state index in [1.54, 1.807) is 18.2 Å². The number of nitrogens with one attached hydrogen (secondary N) is 1. The summed E-state index contributed by atoms with van der Waals surface area (Å²) in [6.45, 7) is -0.699. The maximum Gasteiger partial charge on any atom is 0.255 e. The average molecular weight is 565 g/mol. The molecule has 3 aliphatic carbocycles. The van der Waals surface area contributed by atoms with Crippen LogP contribution < -0.4 is 11.1 Å². The highest BCUT2D eigenvalue weighted by atomic mass is 16.3. The number of nitrogens with zero attached hydrogens (tertiary/aromatic N) is 2. The number of hydrogen-bond acceptors (Lipinski definition) is 11. The number of aromatic nitrogens is 1. The fourth-order valence-corrected chi connectivity index (χ4v) is 6.31. The van der Waals surface area contributed by atoms with Crippen molar-refractivity contribution in [1.29, 1.82) is 0 Å². The number of rotatable bonds is 5. The Labute approximate surface area is 233 Å². The minimum atomic E-state index is -2.71. The normalized spacial score (nSPS) is 25.5. The van der Waals surface area contributed by atoms with Crippen LogP contribution in [0.5, 0.6) is 5.75 Å². The zero-order valence-electron chi connectivity index (χ0n) is 22.1. The van der Waals surface area contributed by atoms with Gasteiger partial charge in [0.05, 0.1) is 29.2 Å². The number of carbonyl (C=O) groups excluding carboxylic acids is 4. The quantitative estimate of drug-likeness (QED) is 0.239. The SMILES string of the molecule is CN(C)[C@@H]1C(=O)C(C(N)=O)=C(O)[C@@]2(O)C(=O)C3=C(O)c4c(O)ccc(-c5ccc(NC(=O)CO)cn5)c4C[C@H]3C[C@@H]12. The molecule has 41 heavy (non-hydrogen) atoms. The summed E-state index contributed by atoms with van der Waals surface area (Å²) >= 11 is 0. The van der Waals surface area contributed by atoms with Crippen molar-refractivity contribution in [2.24, 2.45) is 17.6 Å². The summed E-state index contributed by atoms with van der Waals surface area (Å²) in [6, 6.07) is 4.87. The third-order valence-electron chi connectivity index (χ3n) is 8.07. The lowest BCUT2D eigenvalue weighted by Gasteiger charge is -2.50. The van der Waals surface area contributed by atoms with Crippen LogP contribution in [0.1, 0.15) is 17.5 Å². The van der Waals surface area contributed by atoms with E-state index >= 15 is 0 Å². The molecule has 214 valence electrons. The van der Waals surface area contributed by atoms with Crippen LogP contribution in [-0.2, 0) is 25.6 Å². The van der Waals surface area contributed by atoms with Gasteiger partial charge in [0.2, 0.25) is 11.7 Å². The number of phenolic OH excluding ortho intramolecular Hbond substituents is 1. The van der Waals surface area contributed by atoms with E-state index in [1.165, 1.54) is 31.3 Å². The molecule has 5 rings (SSSR count). The van der Waals surface area contributed by atoms with E-state index in [2.05, 4.69) is 10.3 Å². The molecule has 0 aliphatic heterocycles. The van der Waals surface area contributed by atoms with Gasteiger partial charge < -0.3 is 36.6 Å². The first-order chi connectivity index (χ1) is 19.3. The fourth-order valence-electron chi connectivity index (χ4n) is 6.31. The number of Topliss-reactive ketones (excluding diaryl/α,β-unsaturated/α-hetero) is 2. The highest BCUT2D eigenvalue weighted by Crippen LogP contribution is 2.53. The number of pyridine rings is 1. The van der Waals surface area contributed by atoms with Gasteiger partial charge >= 0.3 is 0 Å². The Morgan fingerprint density at radius 1 is 1.15 bits per heavy atom. The molecule has 0 bridgehead atoms. The molecule has 0 radical (unpaired) electrons. The molecule has 0 spiro atoms. The van der Waals surface area contributed by atoms with Gasteiger partial charge in [0.25, 0.3) is 5.91 Å². The molecule has 1 aromatic heterocycles. The molecule has 2 amide bonds. The second kappa shape index (κ2) is 9.80. The Balaban J connectivity index is 1.65. The van der Waals surface area contributed by atoms with Crippen molar-refractivity contribution in [2.45, 2.75) is 24.5 Å². The van der Waals surface area contributed by atoms with Gasteiger partial charge in [-0.25, -0.2) is 0 Å². The van der Waals surface area contributed by atoms with Crippen molar-refractivity contribution in [3.63, 3.8) is 0 Å². The van der Waals surface area contributed by atoms with Crippen LogP contribution in [-0.4, -0.2) is 91.1 Å². The zero-order chi connectivity index (χ0) is 30.0. The molecule has 3 aliphatic rings. The fraction of sp³-hybridized carbons (Fsp3) is 0.321. The van der Waals surface area contributed by atoms with Crippen molar-refractivity contribution >= 4 is 34.8 Å². The number of anilines is 1. The third-order valence-corrected chi connectivity index (χ3v) is 8.07. The summed E-state index contributed by atoms with van der Waals surface area (Å²) in [7, 11) is 3.06. The Kier molecular flexibility index (Phi) is 6.68. The predicted molar refractivity (Wildman–Crippen MR) is 143 cm³/mol. The number of hydrogen-bond donors (Lipinski definition) is 7. The van der Waals surface area contributed by atoms with Gasteiger partial charge in [0, 0.05) is 17.1 Å². The number of primary amides is 1. The minimum Gasteiger partial charge on any atom is -0.508 e. The highest BCUT2D eigenvalue weighted by molar-refractivity contribution is 6.24. The molecule has 1 aromatic carbocycles. The van der Waals surface area contributed by atoms with Gasteiger partial charge in [-0.15, -0.1) is 0 Å². The van der Waals surface area contributed by atoms with Crippen LogP contribution in [0.3, 0.4) is 0 Å². The molecule has 1 saturated carbocycles. The summed E-state index contributed by atoms with van der Waals surface area (Å²) < 4.78 is 0. The first-order valence-electron chi connectivity index (χ1n) is 12.7. The highest BCUT2D eigenvalue weighted by Gasteiger charge is 2.64. The lowest BCUT2D eigenvalue weighted by atomic mass is 9.57. The molecule has 0 saturated heterocycles. The van der Waals surface area contributed by atoms with Gasteiger partial charge in [-0.2, -0.15) is 0 Å². The number of phenols is 1. The number of aromatic hydroxyl groups is 1. The van der Waals surface area contributed by atoms with E-state index in [1.807, 2.05) is 0 Å². The number of likely N-dealkylation sites (N-methyl/N-ethyl adjacent to an activating group) is 1. The van der Waals surface area contributed by atoms with Crippen LogP contribution in [0.4, 0.5) is 5.69 Å². The first kappa shape index (κ1) is 28.0. The van der Waals surface area contributed by atoms with Crippen molar-refractivity contribution in [3.8, 4) is 17.0 Å². The predicted octanol–water partition coefficient (Wildman–Crippen LogP) is -0.0432. The molecule has 1 heterocycles. The van der Waals surface area contributed by atoms with E-state index in [9.17, 15) is 39.6 Å². The second-order valence-electron chi connectivity index (χ2n) is 10.6. The van der Waals surface area contributed by atoms with Crippen LogP contribution in [0.15, 0.2) is 47.4 Å². The monoisotopic (exact) mass is 564 g/mol. The summed E-state index contributed by atoms with van der Waals surface area (Å²) in [5, 5.41) is 56.1. The van der Waals surface area contributed by atoms with Crippen molar-refractivity contribution in [1.82, 2.24) is 9.88 Å². The number of ketones is 2. The van der Waals surface area contributed by atoms with Crippen molar-refractivity contribution < 1.29 is 44.7 Å². The topological polar surface area (TPSA) is 224 Å². The molecular formula is C28H28N4O9. The van der Waals surface area contributed by atoms with Crippen LogP contribution in [0, 0.1) is 11.8 Å². The Bertz CT molecular complexity index is 1580. The van der Waals surface area contributed by atoms with Crippen LogP contribution in [0.2, 0.25) is 0 Å². The van der Waals surface area contributed by atoms with Gasteiger partial charge in [0.15, 0.2) is 11.4 Å². The zero-order valence-corrected chi connectivity index (χ0v) is 22.1. The molecule has 1 fully saturated rings. The summed E-state index contributed by atoms with van der Waals surface area (Å²) in [4.78, 5) is 56.5. The number of amides is 2. The number of benzene rings is 1. The molecule has 0 unspecified atom stereocenters. The minimum absolute atomic E-state index is 0.0413. The third kappa shape index (κ3) is 4.08. The molecule has 4 atom stereocenters. The second-order valence-corrected chi connectivity index (χ2v) is 10.6. The Morgan fingerprint density at radius 2 is 1.85 bits per heavy atom. The number of carbonyl (C=O) groups is 4. The van der Waals surface area contributed by atoms with E-state index in [4.69, 9.17) is 10.8 Å². The smallest absolute Gasteiger partial charge is 0.255 e. The maximum atomic E-state index is 13.9. The van der Waals surface area contributed by atoms with E-state index < -0.39 is 70.6 Å². The Morgan fingerprint density at radius 3 is 2.44 bits per heavy atom. The Hall–Kier alpha value is -4.59. The maximum absolute atomic E-state index is 13.9. The molecule has 2 aromatic rings. The first-order valence-corrected chi connectivity index (χ1v) is 12.7. The summed E-state index contributed by atoms with van der Waals surface area (Å²) in [5.74, 6) is -7.86. The molecule has 13 nitrogen and oxygen atoms in total. The lowest BCUT2D eigenvalue weighted by molar-refractivity contribution is -0.153. The van der Waals surface area contributed by atoms with Crippen molar-refractivity contribution in [2.75, 3.05) is 26.0 Å². The van der Waals surface area contributed by atoms with Gasteiger partial charge in [-0.1, -0.05) is 0 Å².